The summed E-state index contributed by atoms with van der Waals surface area (Å²) in [4.78, 5) is 27.8. The van der Waals surface area contributed by atoms with Crippen LogP contribution in [0, 0.1) is 0 Å². The maximum Gasteiger partial charge on any atom is 0.337 e. The van der Waals surface area contributed by atoms with Crippen molar-refractivity contribution in [2.24, 2.45) is 5.73 Å². The maximum atomic E-state index is 11.8. The molecule has 112 valence electrons. The van der Waals surface area contributed by atoms with Crippen LogP contribution < -0.4 is 5.73 Å². The van der Waals surface area contributed by atoms with Crippen LogP contribution in [0.2, 0.25) is 0 Å². The third kappa shape index (κ3) is 2.37. The first-order valence-electron chi connectivity index (χ1n) is 6.84. The van der Waals surface area contributed by atoms with Crippen molar-refractivity contribution in [3.8, 4) is 0 Å². The van der Waals surface area contributed by atoms with Gasteiger partial charge in [-0.3, -0.25) is 4.79 Å². The zero-order chi connectivity index (χ0) is 15.8. The third-order valence-electron chi connectivity index (χ3n) is 3.61. The van der Waals surface area contributed by atoms with Gasteiger partial charge in [-0.25, -0.2) is 9.78 Å². The number of aromatic carboxylic acids is 1. The topological polar surface area (TPSA) is 98.2 Å². The van der Waals surface area contributed by atoms with E-state index in [4.69, 9.17) is 5.73 Å². The van der Waals surface area contributed by atoms with Gasteiger partial charge in [-0.15, -0.1) is 0 Å². The number of primary amides is 1. The number of nitrogens with two attached hydrogens (primary N) is 1. The van der Waals surface area contributed by atoms with Gasteiger partial charge >= 0.3 is 5.97 Å². The van der Waals surface area contributed by atoms with E-state index < -0.39 is 17.4 Å². The molecule has 1 aromatic heterocycles. The Morgan fingerprint density at radius 2 is 2.05 bits per heavy atom. The highest BCUT2D eigenvalue weighted by molar-refractivity contribution is 6.02. The molecule has 2 aromatic rings. The second-order valence-corrected chi connectivity index (χ2v) is 5.52. The van der Waals surface area contributed by atoms with Crippen molar-refractivity contribution in [3.63, 3.8) is 0 Å². The van der Waals surface area contributed by atoms with E-state index in [9.17, 15) is 14.7 Å². The number of amides is 1. The summed E-state index contributed by atoms with van der Waals surface area (Å²) in [5, 5.41) is 9.39. The molecule has 0 atom stereocenters. The fraction of sp³-hybridized carbons (Fsp3) is 0.400. The number of carbonyl (C=O) groups excluding carboxylic acids is 1. The first kappa shape index (κ1) is 15.0. The molecule has 0 aliphatic heterocycles. The number of hydrogen-bond donors (Lipinski definition) is 2. The van der Waals surface area contributed by atoms with E-state index in [0.717, 1.165) is 6.42 Å². The van der Waals surface area contributed by atoms with Gasteiger partial charge in [-0.1, -0.05) is 13.0 Å². The van der Waals surface area contributed by atoms with Gasteiger partial charge < -0.3 is 15.4 Å². The number of carbonyl (C=O) groups is 2. The summed E-state index contributed by atoms with van der Waals surface area (Å²) in [5.41, 5.74) is 5.58. The fourth-order valence-corrected chi connectivity index (χ4v) is 2.45. The van der Waals surface area contributed by atoms with Crippen LogP contribution in [0.1, 0.15) is 43.4 Å². The van der Waals surface area contributed by atoms with Crippen molar-refractivity contribution in [2.45, 2.75) is 39.2 Å². The molecule has 0 aliphatic carbocycles. The standard InChI is InChI=1S/C15H19N3O3/c1-4-6-11-17-10-8-5-7-9(13(19)20)12(10)18(11)15(2,3)14(16)21/h5,7-8H,4,6H2,1-3H3,(H2,16,21)(H,19,20). The van der Waals surface area contributed by atoms with Gasteiger partial charge in [0.1, 0.15) is 11.4 Å². The zero-order valence-electron chi connectivity index (χ0n) is 12.4. The molecule has 2 rings (SSSR count). The van der Waals surface area contributed by atoms with Gasteiger partial charge in [0, 0.05) is 6.42 Å². The zero-order valence-corrected chi connectivity index (χ0v) is 12.4. The minimum Gasteiger partial charge on any atom is -0.478 e. The van der Waals surface area contributed by atoms with E-state index in [1.54, 1.807) is 30.5 Å². The van der Waals surface area contributed by atoms with Crippen molar-refractivity contribution in [2.75, 3.05) is 0 Å². The summed E-state index contributed by atoms with van der Waals surface area (Å²) >= 11 is 0. The normalized spacial score (nSPS) is 11.8. The largest absolute Gasteiger partial charge is 0.478 e. The number of carboxylic acid groups (broad SMARTS) is 1. The molecule has 6 nitrogen and oxygen atoms in total. The summed E-state index contributed by atoms with van der Waals surface area (Å²) in [7, 11) is 0. The highest BCUT2D eigenvalue weighted by atomic mass is 16.4. The lowest BCUT2D eigenvalue weighted by Gasteiger charge is -2.26. The fourth-order valence-electron chi connectivity index (χ4n) is 2.45. The van der Waals surface area contributed by atoms with Gasteiger partial charge in [-0.05, 0) is 32.4 Å². The molecule has 21 heavy (non-hydrogen) atoms. The SMILES string of the molecule is CCCc1nc2cccc(C(=O)O)c2n1C(C)(C)C(N)=O. The number of aromatic nitrogens is 2. The predicted octanol–water partition coefficient (Wildman–Crippen LogP) is 1.91. The van der Waals surface area contributed by atoms with Crippen LogP contribution in [0.25, 0.3) is 11.0 Å². The Morgan fingerprint density at radius 1 is 1.38 bits per heavy atom. The predicted molar refractivity (Wildman–Crippen MR) is 79.2 cm³/mol. The van der Waals surface area contributed by atoms with E-state index in [2.05, 4.69) is 4.98 Å². The summed E-state index contributed by atoms with van der Waals surface area (Å²) in [6.07, 6.45) is 1.48. The summed E-state index contributed by atoms with van der Waals surface area (Å²) in [6, 6.07) is 4.90. The van der Waals surface area contributed by atoms with Gasteiger partial charge in [-0.2, -0.15) is 0 Å². The first-order chi connectivity index (χ1) is 9.80. The molecular formula is C15H19N3O3. The van der Waals surface area contributed by atoms with E-state index in [0.29, 0.717) is 23.3 Å². The minimum absolute atomic E-state index is 0.122. The number of carboxylic acids is 1. The highest BCUT2D eigenvalue weighted by Gasteiger charge is 2.33. The molecule has 1 aromatic carbocycles. The molecule has 0 bridgehead atoms. The number of imidazole rings is 1. The van der Waals surface area contributed by atoms with Gasteiger partial charge in [0.2, 0.25) is 5.91 Å². The van der Waals surface area contributed by atoms with Crippen LogP contribution in [0.15, 0.2) is 18.2 Å². The summed E-state index contributed by atoms with van der Waals surface area (Å²) in [6.45, 7) is 5.35. The molecule has 0 spiro atoms. The molecule has 0 radical (unpaired) electrons. The smallest absolute Gasteiger partial charge is 0.337 e. The number of benzene rings is 1. The van der Waals surface area contributed by atoms with Crippen molar-refractivity contribution < 1.29 is 14.7 Å². The van der Waals surface area contributed by atoms with Crippen LogP contribution >= 0.6 is 0 Å². The molecular weight excluding hydrogens is 270 g/mol. The number of fused-ring (bicyclic) bond motifs is 1. The Kier molecular flexibility index (Phi) is 3.72. The van der Waals surface area contributed by atoms with Crippen LogP contribution in [0.4, 0.5) is 0 Å². The molecule has 0 saturated carbocycles. The van der Waals surface area contributed by atoms with Crippen LogP contribution in [-0.4, -0.2) is 26.5 Å². The number of aryl methyl sites for hydroxylation is 1. The molecule has 1 heterocycles. The highest BCUT2D eigenvalue weighted by Crippen LogP contribution is 2.28. The van der Waals surface area contributed by atoms with E-state index in [-0.39, 0.29) is 5.56 Å². The summed E-state index contributed by atoms with van der Waals surface area (Å²) < 4.78 is 1.66. The third-order valence-corrected chi connectivity index (χ3v) is 3.61. The van der Waals surface area contributed by atoms with Gasteiger partial charge in [0.05, 0.1) is 16.6 Å². The van der Waals surface area contributed by atoms with Crippen LogP contribution in [0.3, 0.4) is 0 Å². The number of para-hydroxylation sites is 1. The quantitative estimate of drug-likeness (QED) is 0.878. The molecule has 6 heteroatoms. The van der Waals surface area contributed by atoms with E-state index >= 15 is 0 Å². The van der Waals surface area contributed by atoms with E-state index in [1.807, 2.05) is 6.92 Å². The second-order valence-electron chi connectivity index (χ2n) is 5.52. The second kappa shape index (κ2) is 5.20. The Balaban J connectivity index is 2.90. The van der Waals surface area contributed by atoms with Crippen LogP contribution in [-0.2, 0) is 16.8 Å². The number of rotatable bonds is 5. The molecule has 0 unspecified atom stereocenters. The number of nitrogens with zero attached hydrogens (tertiary/aromatic N) is 2. The van der Waals surface area contributed by atoms with Crippen molar-refractivity contribution >= 4 is 22.9 Å². The van der Waals surface area contributed by atoms with Crippen molar-refractivity contribution in [3.05, 3.63) is 29.6 Å². The maximum absolute atomic E-state index is 11.8. The molecule has 0 fully saturated rings. The Morgan fingerprint density at radius 3 is 2.57 bits per heavy atom. The van der Waals surface area contributed by atoms with Gasteiger partial charge in [0.25, 0.3) is 0 Å². The van der Waals surface area contributed by atoms with Crippen molar-refractivity contribution in [1.29, 1.82) is 0 Å². The number of hydrogen-bond acceptors (Lipinski definition) is 3. The molecule has 0 aliphatic rings. The lowest BCUT2D eigenvalue weighted by atomic mass is 10.0. The summed E-state index contributed by atoms with van der Waals surface area (Å²) in [5.74, 6) is -0.908. The monoisotopic (exact) mass is 289 g/mol. The molecule has 3 N–H and O–H groups in total. The lowest BCUT2D eigenvalue weighted by Crippen LogP contribution is -2.42. The van der Waals surface area contributed by atoms with Gasteiger partial charge in [0.15, 0.2) is 0 Å². The van der Waals surface area contributed by atoms with Crippen LogP contribution in [0.5, 0.6) is 0 Å². The Bertz CT molecular complexity index is 716. The molecule has 1 amide bonds. The average molecular weight is 289 g/mol. The molecule has 0 saturated heterocycles. The average Bonchev–Trinajstić information content (AvgIpc) is 2.76. The van der Waals surface area contributed by atoms with Crippen molar-refractivity contribution in [1.82, 2.24) is 9.55 Å². The minimum atomic E-state index is -1.05. The Hall–Kier alpha value is -2.37. The Labute approximate surface area is 122 Å². The first-order valence-corrected chi connectivity index (χ1v) is 6.84. The lowest BCUT2D eigenvalue weighted by molar-refractivity contribution is -0.125. The van der Waals surface area contributed by atoms with E-state index in [1.165, 1.54) is 6.07 Å².